The summed E-state index contributed by atoms with van der Waals surface area (Å²) in [5, 5.41) is 12.3. The lowest BCUT2D eigenvalue weighted by atomic mass is 10.0. The molecule has 1 saturated heterocycles. The van der Waals surface area contributed by atoms with Gasteiger partial charge in [0.05, 0.1) is 16.8 Å². The van der Waals surface area contributed by atoms with Gasteiger partial charge in [0.15, 0.2) is 5.69 Å². The average molecular weight is 194 g/mol. The number of rotatable bonds is 1. The lowest BCUT2D eigenvalue weighted by Crippen LogP contribution is -2.35. The summed E-state index contributed by atoms with van der Waals surface area (Å²) in [5.74, 6) is 0. The van der Waals surface area contributed by atoms with E-state index in [-0.39, 0.29) is 0 Å². The number of nitriles is 1. The molecule has 66 valence electrons. The van der Waals surface area contributed by atoms with Gasteiger partial charge in [-0.1, -0.05) is 11.6 Å². The van der Waals surface area contributed by atoms with E-state index in [1.54, 1.807) is 6.07 Å². The Morgan fingerprint density at radius 3 is 2.92 bits per heavy atom. The summed E-state index contributed by atoms with van der Waals surface area (Å²) >= 11 is 5.76. The van der Waals surface area contributed by atoms with E-state index in [9.17, 15) is 0 Å². The van der Waals surface area contributed by atoms with Gasteiger partial charge in [0.1, 0.15) is 6.07 Å². The van der Waals surface area contributed by atoms with Crippen molar-refractivity contribution in [3.63, 3.8) is 0 Å². The van der Waals surface area contributed by atoms with Gasteiger partial charge in [-0.15, -0.1) is 0 Å². The van der Waals surface area contributed by atoms with Crippen LogP contribution in [0.15, 0.2) is 12.1 Å². The molecule has 4 heteroatoms. The number of nitrogens with one attached hydrogen (secondary N) is 1. The molecule has 13 heavy (non-hydrogen) atoms. The van der Waals surface area contributed by atoms with Crippen LogP contribution in [0.2, 0.25) is 5.02 Å². The van der Waals surface area contributed by atoms with E-state index >= 15 is 0 Å². The van der Waals surface area contributed by atoms with Crippen LogP contribution in [0.3, 0.4) is 0 Å². The highest BCUT2D eigenvalue weighted by Gasteiger charge is 2.20. The van der Waals surface area contributed by atoms with Crippen molar-refractivity contribution in [2.45, 2.75) is 12.5 Å². The first-order valence-corrected chi connectivity index (χ1v) is 4.49. The van der Waals surface area contributed by atoms with Gasteiger partial charge in [-0.25, -0.2) is 4.98 Å². The molecule has 3 nitrogen and oxygen atoms in total. The first-order chi connectivity index (χ1) is 6.31. The van der Waals surface area contributed by atoms with Crippen LogP contribution in [0.5, 0.6) is 0 Å². The second-order valence-electron chi connectivity index (χ2n) is 2.97. The molecule has 2 rings (SSSR count). The van der Waals surface area contributed by atoms with Crippen LogP contribution in [-0.2, 0) is 0 Å². The molecule has 1 N–H and O–H groups in total. The normalized spacial score (nSPS) is 20.5. The molecule has 0 radical (unpaired) electrons. The summed E-state index contributed by atoms with van der Waals surface area (Å²) in [6.45, 7) is 1.02. The highest BCUT2D eigenvalue weighted by molar-refractivity contribution is 6.31. The monoisotopic (exact) mass is 193 g/mol. The fourth-order valence-corrected chi connectivity index (χ4v) is 1.42. The molecule has 1 fully saturated rings. The number of halogens is 1. The Balaban J connectivity index is 2.33. The molecule has 2 heterocycles. The van der Waals surface area contributed by atoms with E-state index in [4.69, 9.17) is 16.9 Å². The second-order valence-corrected chi connectivity index (χ2v) is 3.38. The van der Waals surface area contributed by atoms with E-state index in [0.717, 1.165) is 18.7 Å². The van der Waals surface area contributed by atoms with Gasteiger partial charge in [-0.3, -0.25) is 0 Å². The van der Waals surface area contributed by atoms with E-state index in [1.807, 2.05) is 12.1 Å². The van der Waals surface area contributed by atoms with E-state index in [2.05, 4.69) is 10.3 Å². The van der Waals surface area contributed by atoms with E-state index < -0.39 is 0 Å². The summed E-state index contributed by atoms with van der Waals surface area (Å²) in [5.41, 5.74) is 1.22. The Kier molecular flexibility index (Phi) is 2.17. The SMILES string of the molecule is N#Cc1nc([C@H]2CCN2)ccc1Cl. The molecule has 0 aromatic carbocycles. The van der Waals surface area contributed by atoms with Crippen molar-refractivity contribution in [3.8, 4) is 6.07 Å². The highest BCUT2D eigenvalue weighted by Crippen LogP contribution is 2.23. The molecule has 1 aliphatic heterocycles. The standard InChI is InChI=1S/C9H8ClN3/c10-6-1-2-8(7-3-4-12-7)13-9(6)5-11/h1-2,7,12H,3-4H2/t7-/m1/s1. The smallest absolute Gasteiger partial charge is 0.159 e. The maximum atomic E-state index is 8.70. The van der Waals surface area contributed by atoms with Gasteiger partial charge in [-0.05, 0) is 25.1 Å². The van der Waals surface area contributed by atoms with Gasteiger partial charge in [0.25, 0.3) is 0 Å². The summed E-state index contributed by atoms with van der Waals surface area (Å²) in [4.78, 5) is 4.16. The quantitative estimate of drug-likeness (QED) is 0.738. The average Bonchev–Trinajstić information content (AvgIpc) is 2.05. The van der Waals surface area contributed by atoms with Crippen LogP contribution in [0.4, 0.5) is 0 Å². The largest absolute Gasteiger partial charge is 0.309 e. The topological polar surface area (TPSA) is 48.7 Å². The molecule has 0 unspecified atom stereocenters. The zero-order valence-corrected chi connectivity index (χ0v) is 7.67. The van der Waals surface area contributed by atoms with Crippen molar-refractivity contribution < 1.29 is 0 Å². The summed E-state index contributed by atoms with van der Waals surface area (Å²) in [7, 11) is 0. The molecule has 1 aliphatic rings. The van der Waals surface area contributed by atoms with Crippen molar-refractivity contribution in [1.82, 2.24) is 10.3 Å². The Morgan fingerprint density at radius 2 is 2.38 bits per heavy atom. The minimum absolute atomic E-state index is 0.310. The van der Waals surface area contributed by atoms with Gasteiger partial charge < -0.3 is 5.32 Å². The van der Waals surface area contributed by atoms with Gasteiger partial charge >= 0.3 is 0 Å². The number of aromatic nitrogens is 1. The minimum Gasteiger partial charge on any atom is -0.309 e. The van der Waals surface area contributed by atoms with Crippen LogP contribution in [0.1, 0.15) is 23.9 Å². The lowest BCUT2D eigenvalue weighted by molar-refractivity contribution is 0.375. The third-order valence-corrected chi connectivity index (χ3v) is 2.46. The van der Waals surface area contributed by atoms with E-state index in [0.29, 0.717) is 16.8 Å². The number of nitrogens with zero attached hydrogens (tertiary/aromatic N) is 2. The molecule has 1 atom stereocenters. The molecule has 0 amide bonds. The molecule has 1 aromatic heterocycles. The molecule has 0 aliphatic carbocycles. The molecule has 0 bridgehead atoms. The summed E-state index contributed by atoms with van der Waals surface area (Å²) < 4.78 is 0. The highest BCUT2D eigenvalue weighted by atomic mass is 35.5. The van der Waals surface area contributed by atoms with E-state index in [1.165, 1.54) is 0 Å². The van der Waals surface area contributed by atoms with Crippen LogP contribution >= 0.6 is 11.6 Å². The van der Waals surface area contributed by atoms with Crippen LogP contribution in [0.25, 0.3) is 0 Å². The maximum absolute atomic E-state index is 8.70. The zero-order chi connectivity index (χ0) is 9.26. The maximum Gasteiger partial charge on any atom is 0.159 e. The third kappa shape index (κ3) is 1.51. The van der Waals surface area contributed by atoms with Gasteiger partial charge in [0, 0.05) is 0 Å². The number of pyridine rings is 1. The summed E-state index contributed by atoms with van der Waals surface area (Å²) in [6, 6.07) is 5.86. The second kappa shape index (κ2) is 3.33. The first-order valence-electron chi connectivity index (χ1n) is 4.11. The predicted octanol–water partition coefficient (Wildman–Crippen LogP) is 1.64. The third-order valence-electron chi connectivity index (χ3n) is 2.15. The Hall–Kier alpha value is -1.11. The zero-order valence-electron chi connectivity index (χ0n) is 6.92. The fourth-order valence-electron chi connectivity index (χ4n) is 1.27. The van der Waals surface area contributed by atoms with Crippen LogP contribution in [-0.4, -0.2) is 11.5 Å². The Morgan fingerprint density at radius 1 is 1.62 bits per heavy atom. The fraction of sp³-hybridized carbons (Fsp3) is 0.333. The molecule has 0 spiro atoms. The van der Waals surface area contributed by atoms with Gasteiger partial charge in [-0.2, -0.15) is 5.26 Å². The van der Waals surface area contributed by atoms with Gasteiger partial charge in [0.2, 0.25) is 0 Å². The number of hydrogen-bond donors (Lipinski definition) is 1. The lowest BCUT2D eigenvalue weighted by Gasteiger charge is -2.26. The Bertz CT molecular complexity index is 366. The predicted molar refractivity (Wildman–Crippen MR) is 49.3 cm³/mol. The molecule has 1 aromatic rings. The van der Waals surface area contributed by atoms with Crippen molar-refractivity contribution >= 4 is 11.6 Å². The minimum atomic E-state index is 0.310. The molecular weight excluding hydrogens is 186 g/mol. The molecule has 0 saturated carbocycles. The Labute approximate surface area is 81.4 Å². The van der Waals surface area contributed by atoms with Crippen LogP contribution < -0.4 is 5.32 Å². The van der Waals surface area contributed by atoms with Crippen molar-refractivity contribution in [1.29, 1.82) is 5.26 Å². The molecular formula is C9H8ClN3. The first kappa shape index (κ1) is 8.49. The van der Waals surface area contributed by atoms with Crippen LogP contribution in [0, 0.1) is 11.3 Å². The summed E-state index contributed by atoms with van der Waals surface area (Å²) in [6.07, 6.45) is 1.08. The van der Waals surface area contributed by atoms with Crippen molar-refractivity contribution in [3.05, 3.63) is 28.5 Å². The van der Waals surface area contributed by atoms with Crippen molar-refractivity contribution in [2.75, 3.05) is 6.54 Å². The number of hydrogen-bond acceptors (Lipinski definition) is 3. The van der Waals surface area contributed by atoms with Crippen molar-refractivity contribution in [2.24, 2.45) is 0 Å².